The molecule has 21 heavy (non-hydrogen) atoms. The highest BCUT2D eigenvalue weighted by molar-refractivity contribution is 6.34. The van der Waals surface area contributed by atoms with E-state index in [2.05, 4.69) is 5.32 Å². The average molecular weight is 308 g/mol. The lowest BCUT2D eigenvalue weighted by atomic mass is 9.91. The van der Waals surface area contributed by atoms with Gasteiger partial charge < -0.3 is 5.32 Å². The zero-order chi connectivity index (χ0) is 15.1. The molecule has 1 aliphatic carbocycles. The van der Waals surface area contributed by atoms with Crippen LogP contribution in [0.5, 0.6) is 0 Å². The molecule has 0 atom stereocenters. The van der Waals surface area contributed by atoms with Gasteiger partial charge >= 0.3 is 0 Å². The summed E-state index contributed by atoms with van der Waals surface area (Å²) in [4.78, 5) is 23.0. The number of rotatable bonds is 4. The Morgan fingerprint density at radius 3 is 2.52 bits per heavy atom. The van der Waals surface area contributed by atoms with Gasteiger partial charge in [0, 0.05) is 12.1 Å². The van der Waals surface area contributed by atoms with E-state index in [0.29, 0.717) is 28.6 Å². The standard InChI is InChI=1S/C17H22ClNO2/c18-16-9-8-14(12-20)10-15(16)17(21)19-11-13-6-4-2-1-3-5-7-13/h8-10,12-13H,1-7,11H2,(H,19,21). The molecule has 1 saturated carbocycles. The molecule has 4 heteroatoms. The van der Waals surface area contributed by atoms with Gasteiger partial charge in [-0.15, -0.1) is 0 Å². The van der Waals surface area contributed by atoms with E-state index in [1.165, 1.54) is 44.9 Å². The molecule has 0 spiro atoms. The van der Waals surface area contributed by atoms with E-state index < -0.39 is 0 Å². The number of hydrogen-bond acceptors (Lipinski definition) is 2. The van der Waals surface area contributed by atoms with Gasteiger partial charge in [0.15, 0.2) is 0 Å². The molecule has 0 unspecified atom stereocenters. The monoisotopic (exact) mass is 307 g/mol. The summed E-state index contributed by atoms with van der Waals surface area (Å²) in [6, 6.07) is 4.75. The van der Waals surface area contributed by atoms with Gasteiger partial charge in [-0.2, -0.15) is 0 Å². The minimum atomic E-state index is -0.189. The molecule has 1 amide bonds. The molecule has 1 aromatic carbocycles. The molecule has 0 aliphatic heterocycles. The van der Waals surface area contributed by atoms with Gasteiger partial charge in [0.05, 0.1) is 10.6 Å². The lowest BCUT2D eigenvalue weighted by Gasteiger charge is -2.20. The van der Waals surface area contributed by atoms with Crippen molar-refractivity contribution < 1.29 is 9.59 Å². The SMILES string of the molecule is O=Cc1ccc(Cl)c(C(=O)NCC2CCCCCCC2)c1. The van der Waals surface area contributed by atoms with Crippen LogP contribution in [-0.2, 0) is 0 Å². The molecule has 1 aromatic rings. The molecule has 0 heterocycles. The van der Waals surface area contributed by atoms with Crippen LogP contribution in [0.15, 0.2) is 18.2 Å². The van der Waals surface area contributed by atoms with Crippen molar-refractivity contribution in [1.82, 2.24) is 5.32 Å². The number of benzene rings is 1. The van der Waals surface area contributed by atoms with E-state index in [9.17, 15) is 9.59 Å². The number of halogens is 1. The summed E-state index contributed by atoms with van der Waals surface area (Å²) in [5.74, 6) is 0.369. The Balaban J connectivity index is 1.93. The fourth-order valence-corrected chi connectivity index (χ4v) is 3.07. The molecule has 0 aromatic heterocycles. The maximum Gasteiger partial charge on any atom is 0.252 e. The number of nitrogens with one attached hydrogen (secondary N) is 1. The molecule has 0 bridgehead atoms. The van der Waals surface area contributed by atoms with Gasteiger partial charge in [0.25, 0.3) is 5.91 Å². The first-order chi connectivity index (χ1) is 10.2. The predicted molar refractivity (Wildman–Crippen MR) is 85.0 cm³/mol. The molecule has 0 radical (unpaired) electrons. The van der Waals surface area contributed by atoms with Gasteiger partial charge in [-0.05, 0) is 30.9 Å². The molecule has 2 rings (SSSR count). The van der Waals surface area contributed by atoms with E-state index in [-0.39, 0.29) is 5.91 Å². The summed E-state index contributed by atoms with van der Waals surface area (Å²) < 4.78 is 0. The topological polar surface area (TPSA) is 46.2 Å². The number of amides is 1. The van der Waals surface area contributed by atoms with Crippen molar-refractivity contribution in [3.05, 3.63) is 34.3 Å². The van der Waals surface area contributed by atoms with Gasteiger partial charge in [0.1, 0.15) is 6.29 Å². The predicted octanol–water partition coefficient (Wildman–Crippen LogP) is 4.24. The van der Waals surface area contributed by atoms with E-state index in [4.69, 9.17) is 11.6 Å². The molecular formula is C17H22ClNO2. The first-order valence-corrected chi connectivity index (χ1v) is 8.11. The normalized spacial score (nSPS) is 16.8. The Morgan fingerprint density at radius 1 is 1.19 bits per heavy atom. The van der Waals surface area contributed by atoms with Crippen LogP contribution in [0, 0.1) is 5.92 Å². The lowest BCUT2D eigenvalue weighted by molar-refractivity contribution is 0.0945. The summed E-state index contributed by atoms with van der Waals surface area (Å²) in [7, 11) is 0. The fourth-order valence-electron chi connectivity index (χ4n) is 2.87. The first-order valence-electron chi connectivity index (χ1n) is 7.73. The highest BCUT2D eigenvalue weighted by atomic mass is 35.5. The second-order valence-electron chi connectivity index (χ2n) is 5.78. The van der Waals surface area contributed by atoms with E-state index in [1.807, 2.05) is 0 Å². The van der Waals surface area contributed by atoms with Crippen LogP contribution in [0.25, 0.3) is 0 Å². The Labute approximate surface area is 131 Å². The van der Waals surface area contributed by atoms with Crippen molar-refractivity contribution in [2.45, 2.75) is 44.9 Å². The highest BCUT2D eigenvalue weighted by Crippen LogP contribution is 2.22. The van der Waals surface area contributed by atoms with Crippen molar-refractivity contribution in [3.63, 3.8) is 0 Å². The summed E-state index contributed by atoms with van der Waals surface area (Å²) in [5, 5.41) is 3.35. The molecule has 3 nitrogen and oxygen atoms in total. The second-order valence-corrected chi connectivity index (χ2v) is 6.19. The summed E-state index contributed by atoms with van der Waals surface area (Å²) in [6.45, 7) is 0.695. The molecule has 1 N–H and O–H groups in total. The smallest absolute Gasteiger partial charge is 0.252 e. The van der Waals surface area contributed by atoms with Gasteiger partial charge in [-0.3, -0.25) is 9.59 Å². The number of carbonyl (C=O) groups excluding carboxylic acids is 2. The van der Waals surface area contributed by atoms with E-state index >= 15 is 0 Å². The Kier molecular flexibility index (Phi) is 6.24. The van der Waals surface area contributed by atoms with Crippen LogP contribution < -0.4 is 5.32 Å². The summed E-state index contributed by atoms with van der Waals surface area (Å²) >= 11 is 6.04. The van der Waals surface area contributed by atoms with Crippen LogP contribution in [-0.4, -0.2) is 18.7 Å². The third-order valence-electron chi connectivity index (χ3n) is 4.15. The Bertz CT molecular complexity index is 494. The van der Waals surface area contributed by atoms with Crippen molar-refractivity contribution in [2.24, 2.45) is 5.92 Å². The van der Waals surface area contributed by atoms with Crippen LogP contribution in [0.2, 0.25) is 5.02 Å². The zero-order valence-corrected chi connectivity index (χ0v) is 13.0. The van der Waals surface area contributed by atoms with E-state index in [1.54, 1.807) is 18.2 Å². The van der Waals surface area contributed by atoms with Crippen LogP contribution in [0.4, 0.5) is 0 Å². The first kappa shape index (κ1) is 16.0. The van der Waals surface area contributed by atoms with Gasteiger partial charge in [-0.25, -0.2) is 0 Å². The maximum absolute atomic E-state index is 12.2. The average Bonchev–Trinajstić information content (AvgIpc) is 2.46. The molecule has 1 aliphatic rings. The number of aldehydes is 1. The molecular weight excluding hydrogens is 286 g/mol. The van der Waals surface area contributed by atoms with Crippen molar-refractivity contribution >= 4 is 23.8 Å². The highest BCUT2D eigenvalue weighted by Gasteiger charge is 2.15. The minimum absolute atomic E-state index is 0.189. The lowest BCUT2D eigenvalue weighted by Crippen LogP contribution is -2.30. The summed E-state index contributed by atoms with van der Waals surface area (Å²) in [6.07, 6.45) is 9.54. The second kappa shape index (κ2) is 8.18. The van der Waals surface area contributed by atoms with Crippen molar-refractivity contribution in [2.75, 3.05) is 6.54 Å². The third-order valence-corrected chi connectivity index (χ3v) is 4.48. The van der Waals surface area contributed by atoms with Crippen molar-refractivity contribution in [1.29, 1.82) is 0 Å². The van der Waals surface area contributed by atoms with Crippen LogP contribution >= 0.6 is 11.6 Å². The number of carbonyl (C=O) groups is 2. The van der Waals surface area contributed by atoms with Gasteiger partial charge in [0.2, 0.25) is 0 Å². The maximum atomic E-state index is 12.2. The Morgan fingerprint density at radius 2 is 1.86 bits per heavy atom. The van der Waals surface area contributed by atoms with Crippen LogP contribution in [0.3, 0.4) is 0 Å². The van der Waals surface area contributed by atoms with E-state index in [0.717, 1.165) is 6.29 Å². The Hall–Kier alpha value is -1.35. The fraction of sp³-hybridized carbons (Fsp3) is 0.529. The molecule has 1 fully saturated rings. The zero-order valence-electron chi connectivity index (χ0n) is 12.2. The van der Waals surface area contributed by atoms with Gasteiger partial charge in [-0.1, -0.05) is 49.8 Å². The largest absolute Gasteiger partial charge is 0.352 e. The molecule has 114 valence electrons. The summed E-state index contributed by atoms with van der Waals surface area (Å²) in [5.41, 5.74) is 0.850. The van der Waals surface area contributed by atoms with Crippen molar-refractivity contribution in [3.8, 4) is 0 Å². The minimum Gasteiger partial charge on any atom is -0.352 e. The molecule has 0 saturated heterocycles. The number of hydrogen-bond donors (Lipinski definition) is 1. The third kappa shape index (κ3) is 4.85. The van der Waals surface area contributed by atoms with Crippen LogP contribution in [0.1, 0.15) is 65.7 Å². The quantitative estimate of drug-likeness (QED) is 0.846.